The van der Waals surface area contributed by atoms with Gasteiger partial charge in [0.15, 0.2) is 0 Å². The van der Waals surface area contributed by atoms with Crippen molar-refractivity contribution in [2.24, 2.45) is 0 Å². The number of aliphatic hydroxyl groups is 1. The van der Waals surface area contributed by atoms with Crippen LogP contribution in [0.25, 0.3) is 16.9 Å². The van der Waals surface area contributed by atoms with E-state index in [0.717, 1.165) is 23.4 Å². The first-order valence-corrected chi connectivity index (χ1v) is 7.52. The predicted octanol–water partition coefficient (Wildman–Crippen LogP) is 3.64. The number of aliphatic hydroxyl groups excluding tert-OH is 1. The van der Waals surface area contributed by atoms with E-state index < -0.39 is 0 Å². The van der Waals surface area contributed by atoms with Gasteiger partial charge in [-0.3, -0.25) is 0 Å². The Labute approximate surface area is 134 Å². The molecule has 112 valence electrons. The maximum Gasteiger partial charge on any atom is 0.117 e. The molecule has 0 bridgehead atoms. The molecular weight excluding hydrogens is 298 g/mol. The monoisotopic (exact) mass is 313 g/mol. The molecule has 1 heterocycles. The van der Waals surface area contributed by atoms with Crippen molar-refractivity contribution >= 4 is 11.6 Å². The van der Waals surface area contributed by atoms with Crippen LogP contribution in [0.3, 0.4) is 0 Å². The van der Waals surface area contributed by atoms with Gasteiger partial charge in [0.25, 0.3) is 0 Å². The van der Waals surface area contributed by atoms with E-state index in [4.69, 9.17) is 11.6 Å². The Kier molecular flexibility index (Phi) is 4.22. The number of halogens is 1. The summed E-state index contributed by atoms with van der Waals surface area (Å²) in [5.41, 5.74) is 4.41. The molecule has 0 saturated carbocycles. The predicted molar refractivity (Wildman–Crippen MR) is 87.1 cm³/mol. The molecule has 0 fully saturated rings. The molecule has 2 aromatic carbocycles. The summed E-state index contributed by atoms with van der Waals surface area (Å²) in [5.74, 6) is 0. The molecule has 0 aliphatic carbocycles. The largest absolute Gasteiger partial charge is 0.390 e. The standard InChI is InChI=1S/C17H16ClN3O/c1-2-12-5-3-4-6-16(12)21-17(15(11-22)19-20-21)13-7-9-14(18)10-8-13/h3-10,22H,2,11H2,1H3. The van der Waals surface area contributed by atoms with E-state index in [1.165, 1.54) is 5.56 Å². The van der Waals surface area contributed by atoms with Crippen LogP contribution < -0.4 is 0 Å². The molecule has 0 unspecified atom stereocenters. The van der Waals surface area contributed by atoms with Crippen LogP contribution in [-0.4, -0.2) is 20.1 Å². The zero-order chi connectivity index (χ0) is 15.5. The molecule has 0 atom stereocenters. The van der Waals surface area contributed by atoms with Crippen LogP contribution in [0.5, 0.6) is 0 Å². The van der Waals surface area contributed by atoms with Crippen LogP contribution in [0.2, 0.25) is 5.02 Å². The first-order valence-electron chi connectivity index (χ1n) is 7.14. The topological polar surface area (TPSA) is 50.9 Å². The van der Waals surface area contributed by atoms with E-state index in [2.05, 4.69) is 23.3 Å². The highest BCUT2D eigenvalue weighted by atomic mass is 35.5. The smallest absolute Gasteiger partial charge is 0.117 e. The highest BCUT2D eigenvalue weighted by molar-refractivity contribution is 6.30. The fourth-order valence-corrected chi connectivity index (χ4v) is 2.63. The second-order valence-electron chi connectivity index (χ2n) is 4.94. The van der Waals surface area contributed by atoms with Crippen molar-refractivity contribution in [3.05, 3.63) is 64.8 Å². The van der Waals surface area contributed by atoms with E-state index >= 15 is 0 Å². The first-order chi connectivity index (χ1) is 10.7. The van der Waals surface area contributed by atoms with Crippen LogP contribution in [0, 0.1) is 0 Å². The second kappa shape index (κ2) is 6.30. The summed E-state index contributed by atoms with van der Waals surface area (Å²) in [7, 11) is 0. The van der Waals surface area contributed by atoms with Crippen molar-refractivity contribution in [2.45, 2.75) is 20.0 Å². The zero-order valence-corrected chi connectivity index (χ0v) is 13.0. The molecule has 22 heavy (non-hydrogen) atoms. The van der Waals surface area contributed by atoms with Crippen LogP contribution >= 0.6 is 11.6 Å². The van der Waals surface area contributed by atoms with Crippen molar-refractivity contribution in [3.8, 4) is 16.9 Å². The molecule has 0 spiro atoms. The second-order valence-corrected chi connectivity index (χ2v) is 5.38. The molecule has 0 saturated heterocycles. The number of hydrogen-bond acceptors (Lipinski definition) is 3. The Balaban J connectivity index is 2.21. The Bertz CT molecular complexity index is 781. The average Bonchev–Trinajstić information content (AvgIpc) is 2.99. The molecule has 3 rings (SSSR count). The minimum absolute atomic E-state index is 0.160. The van der Waals surface area contributed by atoms with Gasteiger partial charge in [-0.05, 0) is 30.2 Å². The Morgan fingerprint density at radius 2 is 1.82 bits per heavy atom. The highest BCUT2D eigenvalue weighted by Crippen LogP contribution is 2.28. The van der Waals surface area contributed by atoms with Crippen LogP contribution in [0.15, 0.2) is 48.5 Å². The number of rotatable bonds is 4. The number of aromatic nitrogens is 3. The van der Waals surface area contributed by atoms with Crippen molar-refractivity contribution in [1.82, 2.24) is 15.0 Å². The Morgan fingerprint density at radius 1 is 1.09 bits per heavy atom. The lowest BCUT2D eigenvalue weighted by molar-refractivity contribution is 0.277. The summed E-state index contributed by atoms with van der Waals surface area (Å²) in [6.07, 6.45) is 0.893. The summed E-state index contributed by atoms with van der Waals surface area (Å²) in [4.78, 5) is 0. The highest BCUT2D eigenvalue weighted by Gasteiger charge is 2.17. The van der Waals surface area contributed by atoms with E-state index in [9.17, 15) is 5.11 Å². The molecule has 5 heteroatoms. The normalized spacial score (nSPS) is 10.9. The first kappa shape index (κ1) is 14.8. The number of nitrogens with zero attached hydrogens (tertiary/aromatic N) is 3. The van der Waals surface area contributed by atoms with E-state index in [0.29, 0.717) is 10.7 Å². The van der Waals surface area contributed by atoms with E-state index in [1.54, 1.807) is 4.68 Å². The van der Waals surface area contributed by atoms with Crippen molar-refractivity contribution < 1.29 is 5.11 Å². The van der Waals surface area contributed by atoms with E-state index in [1.807, 2.05) is 42.5 Å². The lowest BCUT2D eigenvalue weighted by Gasteiger charge is -2.11. The molecule has 3 aromatic rings. The van der Waals surface area contributed by atoms with Crippen LogP contribution in [0.1, 0.15) is 18.2 Å². The van der Waals surface area contributed by atoms with Gasteiger partial charge in [-0.25, -0.2) is 4.68 Å². The van der Waals surface area contributed by atoms with Gasteiger partial charge < -0.3 is 5.11 Å². The fraction of sp³-hybridized carbons (Fsp3) is 0.176. The molecule has 0 radical (unpaired) electrons. The third-order valence-electron chi connectivity index (χ3n) is 3.61. The molecule has 1 N–H and O–H groups in total. The summed E-state index contributed by atoms with van der Waals surface area (Å²) in [6.45, 7) is 1.94. The average molecular weight is 314 g/mol. The fourth-order valence-electron chi connectivity index (χ4n) is 2.50. The maximum atomic E-state index is 9.58. The molecular formula is C17H16ClN3O. The minimum atomic E-state index is -0.160. The van der Waals surface area contributed by atoms with Gasteiger partial charge >= 0.3 is 0 Å². The summed E-state index contributed by atoms with van der Waals surface area (Å²) in [6, 6.07) is 15.5. The Morgan fingerprint density at radius 3 is 2.50 bits per heavy atom. The molecule has 1 aromatic heterocycles. The SMILES string of the molecule is CCc1ccccc1-n1nnc(CO)c1-c1ccc(Cl)cc1. The van der Waals surface area contributed by atoms with Gasteiger partial charge in [-0.15, -0.1) is 5.10 Å². The summed E-state index contributed by atoms with van der Waals surface area (Å²) in [5, 5.41) is 18.6. The number of benzene rings is 2. The Hall–Kier alpha value is -2.17. The van der Waals surface area contributed by atoms with E-state index in [-0.39, 0.29) is 6.61 Å². The van der Waals surface area contributed by atoms with Gasteiger partial charge in [0.2, 0.25) is 0 Å². The van der Waals surface area contributed by atoms with Gasteiger partial charge in [-0.1, -0.05) is 54.1 Å². The van der Waals surface area contributed by atoms with Crippen molar-refractivity contribution in [3.63, 3.8) is 0 Å². The van der Waals surface area contributed by atoms with Crippen molar-refractivity contribution in [1.29, 1.82) is 0 Å². The van der Waals surface area contributed by atoms with Crippen molar-refractivity contribution in [2.75, 3.05) is 0 Å². The molecule has 4 nitrogen and oxygen atoms in total. The summed E-state index contributed by atoms with van der Waals surface area (Å²) >= 11 is 5.96. The third kappa shape index (κ3) is 2.63. The van der Waals surface area contributed by atoms with Crippen LogP contribution in [-0.2, 0) is 13.0 Å². The molecule has 0 aliphatic rings. The van der Waals surface area contributed by atoms with Crippen LogP contribution in [0.4, 0.5) is 0 Å². The van der Waals surface area contributed by atoms with Gasteiger partial charge in [0.05, 0.1) is 12.3 Å². The lowest BCUT2D eigenvalue weighted by atomic mass is 10.1. The lowest BCUT2D eigenvalue weighted by Crippen LogP contribution is -2.03. The quantitative estimate of drug-likeness (QED) is 0.800. The number of aryl methyl sites for hydroxylation is 1. The third-order valence-corrected chi connectivity index (χ3v) is 3.86. The summed E-state index contributed by atoms with van der Waals surface area (Å²) < 4.78 is 1.79. The number of hydrogen-bond donors (Lipinski definition) is 1. The van der Waals surface area contributed by atoms with Gasteiger partial charge in [0, 0.05) is 10.6 Å². The number of para-hydroxylation sites is 1. The van der Waals surface area contributed by atoms with Gasteiger partial charge in [-0.2, -0.15) is 0 Å². The van der Waals surface area contributed by atoms with Gasteiger partial charge in [0.1, 0.15) is 11.4 Å². The minimum Gasteiger partial charge on any atom is -0.390 e. The molecule has 0 amide bonds. The molecule has 0 aliphatic heterocycles. The maximum absolute atomic E-state index is 9.58. The zero-order valence-electron chi connectivity index (χ0n) is 12.2.